The van der Waals surface area contributed by atoms with Crippen molar-refractivity contribution in [2.24, 2.45) is 0 Å². The predicted molar refractivity (Wildman–Crippen MR) is 77.5 cm³/mol. The summed E-state index contributed by atoms with van der Waals surface area (Å²) in [6.07, 6.45) is 2.90. The molecule has 4 nitrogen and oxygen atoms in total. The lowest BCUT2D eigenvalue weighted by Gasteiger charge is -2.11. The van der Waals surface area contributed by atoms with Gasteiger partial charge in [-0.05, 0) is 5.56 Å². The van der Waals surface area contributed by atoms with E-state index >= 15 is 0 Å². The van der Waals surface area contributed by atoms with Gasteiger partial charge in [0.25, 0.3) is 5.91 Å². The molecular formula is C14H13BrN2O2. The molecule has 2 aromatic rings. The Balaban J connectivity index is 1.98. The van der Waals surface area contributed by atoms with E-state index in [2.05, 4.69) is 26.2 Å². The number of hydrogen-bond acceptors (Lipinski definition) is 2. The highest BCUT2D eigenvalue weighted by atomic mass is 79.9. The van der Waals surface area contributed by atoms with E-state index in [1.807, 2.05) is 30.3 Å². The second kappa shape index (κ2) is 6.33. The van der Waals surface area contributed by atoms with Crippen molar-refractivity contribution < 1.29 is 4.79 Å². The Kier molecular flexibility index (Phi) is 4.52. The number of aromatic amines is 1. The molecule has 0 aliphatic rings. The number of halogens is 1. The van der Waals surface area contributed by atoms with Crippen LogP contribution in [0.15, 0.2) is 53.6 Å². The van der Waals surface area contributed by atoms with Gasteiger partial charge in [-0.1, -0.05) is 46.3 Å². The quantitative estimate of drug-likeness (QED) is 0.849. The number of amides is 1. The number of aromatic nitrogens is 1. The molecule has 0 aliphatic heterocycles. The van der Waals surface area contributed by atoms with Crippen LogP contribution in [0.4, 0.5) is 0 Å². The standard InChI is InChI=1S/C14H13BrN2O2/c15-12(10-4-2-1-3-5-10)9-17-14(19)11-8-16-7-6-13(11)18/h1-8,12H,9H2,(H,16,18)(H,17,19). The van der Waals surface area contributed by atoms with Gasteiger partial charge in [0.05, 0.1) is 4.83 Å². The van der Waals surface area contributed by atoms with Gasteiger partial charge in [0.1, 0.15) is 5.56 Å². The highest BCUT2D eigenvalue weighted by Crippen LogP contribution is 2.20. The second-order valence-electron chi connectivity index (χ2n) is 4.01. The molecule has 0 saturated heterocycles. The van der Waals surface area contributed by atoms with Crippen molar-refractivity contribution in [3.63, 3.8) is 0 Å². The molecule has 0 bridgehead atoms. The van der Waals surface area contributed by atoms with E-state index in [9.17, 15) is 9.59 Å². The molecule has 1 heterocycles. The van der Waals surface area contributed by atoms with Crippen molar-refractivity contribution in [3.8, 4) is 0 Å². The van der Waals surface area contributed by atoms with E-state index < -0.39 is 0 Å². The summed E-state index contributed by atoms with van der Waals surface area (Å²) in [5.41, 5.74) is 0.905. The molecule has 0 aliphatic carbocycles. The summed E-state index contributed by atoms with van der Waals surface area (Å²) in [6, 6.07) is 11.1. The minimum Gasteiger partial charge on any atom is -0.367 e. The fourth-order valence-corrected chi connectivity index (χ4v) is 2.12. The van der Waals surface area contributed by atoms with Crippen LogP contribution in [0.2, 0.25) is 0 Å². The number of alkyl halides is 1. The fraction of sp³-hybridized carbons (Fsp3) is 0.143. The summed E-state index contributed by atoms with van der Waals surface area (Å²) in [6.45, 7) is 0.414. The lowest BCUT2D eigenvalue weighted by atomic mass is 10.1. The second-order valence-corrected chi connectivity index (χ2v) is 5.12. The first kappa shape index (κ1) is 13.5. The zero-order valence-electron chi connectivity index (χ0n) is 10.1. The Morgan fingerprint density at radius 1 is 1.26 bits per heavy atom. The number of carbonyl (C=O) groups is 1. The summed E-state index contributed by atoms with van der Waals surface area (Å²) in [5, 5.41) is 2.73. The van der Waals surface area contributed by atoms with Gasteiger partial charge in [-0.25, -0.2) is 0 Å². The molecule has 0 saturated carbocycles. The first-order chi connectivity index (χ1) is 9.18. The maximum atomic E-state index is 11.8. The van der Waals surface area contributed by atoms with Crippen LogP contribution in [0.5, 0.6) is 0 Å². The summed E-state index contributed by atoms with van der Waals surface area (Å²) >= 11 is 3.50. The minimum atomic E-state index is -0.373. The maximum Gasteiger partial charge on any atom is 0.256 e. The monoisotopic (exact) mass is 320 g/mol. The van der Waals surface area contributed by atoms with Gasteiger partial charge < -0.3 is 10.3 Å². The predicted octanol–water partition coefficient (Wildman–Crippen LogP) is 2.24. The Morgan fingerprint density at radius 3 is 2.68 bits per heavy atom. The van der Waals surface area contributed by atoms with Crippen molar-refractivity contribution in [2.75, 3.05) is 6.54 Å². The first-order valence-corrected chi connectivity index (χ1v) is 6.74. The molecule has 1 atom stereocenters. The topological polar surface area (TPSA) is 62.0 Å². The Hall–Kier alpha value is -1.88. The highest BCUT2D eigenvalue weighted by Gasteiger charge is 2.12. The zero-order chi connectivity index (χ0) is 13.7. The zero-order valence-corrected chi connectivity index (χ0v) is 11.7. The van der Waals surface area contributed by atoms with E-state index in [-0.39, 0.29) is 21.7 Å². The van der Waals surface area contributed by atoms with E-state index in [1.165, 1.54) is 18.5 Å². The van der Waals surface area contributed by atoms with Gasteiger partial charge >= 0.3 is 0 Å². The van der Waals surface area contributed by atoms with Crippen LogP contribution in [-0.4, -0.2) is 17.4 Å². The van der Waals surface area contributed by atoms with Crippen LogP contribution in [0.1, 0.15) is 20.7 Å². The molecule has 98 valence electrons. The highest BCUT2D eigenvalue weighted by molar-refractivity contribution is 9.09. The molecule has 2 N–H and O–H groups in total. The summed E-state index contributed by atoms with van der Waals surface area (Å²) in [4.78, 5) is 26.1. The average molecular weight is 321 g/mol. The van der Waals surface area contributed by atoms with E-state index in [1.54, 1.807) is 0 Å². The minimum absolute atomic E-state index is 0.0143. The van der Waals surface area contributed by atoms with Crippen molar-refractivity contribution in [3.05, 3.63) is 70.1 Å². The molecule has 5 heteroatoms. The molecule has 1 unspecified atom stereocenters. The molecule has 1 aromatic heterocycles. The number of nitrogens with one attached hydrogen (secondary N) is 2. The Morgan fingerprint density at radius 2 is 2.00 bits per heavy atom. The fourth-order valence-electron chi connectivity index (χ4n) is 1.65. The SMILES string of the molecule is O=C(NCC(Br)c1ccccc1)c1c[nH]ccc1=O. The van der Waals surface area contributed by atoms with Crippen LogP contribution < -0.4 is 10.7 Å². The van der Waals surface area contributed by atoms with E-state index in [4.69, 9.17) is 0 Å². The lowest BCUT2D eigenvalue weighted by Crippen LogP contribution is -2.30. The van der Waals surface area contributed by atoms with Crippen LogP contribution in [0.3, 0.4) is 0 Å². The lowest BCUT2D eigenvalue weighted by molar-refractivity contribution is 0.0952. The Labute approximate surface area is 119 Å². The third kappa shape index (κ3) is 3.54. The van der Waals surface area contributed by atoms with Crippen LogP contribution >= 0.6 is 15.9 Å². The van der Waals surface area contributed by atoms with Crippen molar-refractivity contribution in [1.29, 1.82) is 0 Å². The Bertz CT molecular complexity index is 610. The van der Waals surface area contributed by atoms with Crippen molar-refractivity contribution in [1.82, 2.24) is 10.3 Å². The molecule has 1 amide bonds. The summed E-state index contributed by atoms with van der Waals surface area (Å²) < 4.78 is 0. The number of H-pyrrole nitrogens is 1. The molecule has 0 spiro atoms. The molecule has 19 heavy (non-hydrogen) atoms. The summed E-state index contributed by atoms with van der Waals surface area (Å²) in [7, 11) is 0. The van der Waals surface area contributed by atoms with Gasteiger partial charge in [-0.2, -0.15) is 0 Å². The average Bonchev–Trinajstić information content (AvgIpc) is 2.46. The molecular weight excluding hydrogens is 308 g/mol. The van der Waals surface area contributed by atoms with Gasteiger partial charge in [0, 0.05) is 25.0 Å². The maximum absolute atomic E-state index is 11.8. The van der Waals surface area contributed by atoms with Crippen molar-refractivity contribution >= 4 is 21.8 Å². The number of pyridine rings is 1. The van der Waals surface area contributed by atoms with E-state index in [0.29, 0.717) is 6.54 Å². The van der Waals surface area contributed by atoms with Crippen molar-refractivity contribution in [2.45, 2.75) is 4.83 Å². The van der Waals surface area contributed by atoms with Crippen LogP contribution in [0.25, 0.3) is 0 Å². The number of rotatable bonds is 4. The smallest absolute Gasteiger partial charge is 0.256 e. The van der Waals surface area contributed by atoms with Gasteiger partial charge in [0.2, 0.25) is 0 Å². The summed E-state index contributed by atoms with van der Waals surface area (Å²) in [5.74, 6) is -0.373. The first-order valence-electron chi connectivity index (χ1n) is 5.83. The molecule has 0 radical (unpaired) electrons. The van der Waals surface area contributed by atoms with Gasteiger partial charge in [-0.3, -0.25) is 9.59 Å². The normalized spacial score (nSPS) is 11.8. The third-order valence-corrected chi connectivity index (χ3v) is 3.52. The van der Waals surface area contributed by atoms with Gasteiger partial charge in [0.15, 0.2) is 5.43 Å². The van der Waals surface area contributed by atoms with Gasteiger partial charge in [-0.15, -0.1) is 0 Å². The van der Waals surface area contributed by atoms with E-state index in [0.717, 1.165) is 5.56 Å². The largest absolute Gasteiger partial charge is 0.367 e. The molecule has 0 fully saturated rings. The number of benzene rings is 1. The van der Waals surface area contributed by atoms with Crippen LogP contribution in [-0.2, 0) is 0 Å². The number of hydrogen-bond donors (Lipinski definition) is 2. The van der Waals surface area contributed by atoms with Crippen LogP contribution in [0, 0.1) is 0 Å². The third-order valence-electron chi connectivity index (χ3n) is 2.67. The molecule has 2 rings (SSSR count). The number of carbonyl (C=O) groups excluding carboxylic acids is 1. The molecule has 1 aromatic carbocycles.